The molecule has 14 heavy (non-hydrogen) atoms. The van der Waals surface area contributed by atoms with Gasteiger partial charge in [-0.05, 0) is 26.0 Å². The Bertz CT molecular complexity index is 443. The molecule has 0 radical (unpaired) electrons. The molecule has 0 bridgehead atoms. The number of aryl methyl sites for hydroxylation is 2. The molecule has 0 saturated carbocycles. The molecule has 3 heteroatoms. The maximum Gasteiger partial charge on any atom is 0.103 e. The summed E-state index contributed by atoms with van der Waals surface area (Å²) in [5.41, 5.74) is 3.18. The van der Waals surface area contributed by atoms with E-state index in [1.54, 1.807) is 0 Å². The molecule has 0 aliphatic carbocycles. The number of aromatic nitrogens is 2. The predicted octanol–water partition coefficient (Wildman–Crippen LogP) is 3.35. The van der Waals surface area contributed by atoms with Crippen LogP contribution in [0.4, 0.5) is 0 Å². The minimum Gasteiger partial charge on any atom is -0.346 e. The zero-order valence-corrected chi connectivity index (χ0v) is 8.89. The lowest BCUT2D eigenvalue weighted by Crippen LogP contribution is -1.80. The Kier molecular flexibility index (Phi) is 2.30. The average molecular weight is 207 g/mol. The number of benzene rings is 1. The van der Waals surface area contributed by atoms with Gasteiger partial charge in [0.05, 0.1) is 5.69 Å². The van der Waals surface area contributed by atoms with Gasteiger partial charge >= 0.3 is 0 Å². The monoisotopic (exact) mass is 206 g/mol. The molecule has 0 spiro atoms. The largest absolute Gasteiger partial charge is 0.346 e. The highest BCUT2D eigenvalue weighted by Crippen LogP contribution is 2.22. The summed E-state index contributed by atoms with van der Waals surface area (Å²) in [5.74, 6) is 0.937. The summed E-state index contributed by atoms with van der Waals surface area (Å²) in [6.07, 6.45) is 0. The van der Waals surface area contributed by atoms with E-state index in [1.807, 2.05) is 38.1 Å². The van der Waals surface area contributed by atoms with Gasteiger partial charge < -0.3 is 4.98 Å². The van der Waals surface area contributed by atoms with E-state index in [0.29, 0.717) is 0 Å². The van der Waals surface area contributed by atoms with Crippen LogP contribution in [0.3, 0.4) is 0 Å². The van der Waals surface area contributed by atoms with Crippen LogP contribution in [0.15, 0.2) is 24.3 Å². The van der Waals surface area contributed by atoms with Crippen LogP contribution in [0, 0.1) is 13.8 Å². The van der Waals surface area contributed by atoms with E-state index >= 15 is 0 Å². The Morgan fingerprint density at radius 1 is 1.14 bits per heavy atom. The van der Waals surface area contributed by atoms with Crippen molar-refractivity contribution >= 4 is 11.6 Å². The first kappa shape index (κ1) is 9.28. The Hall–Kier alpha value is -1.28. The Morgan fingerprint density at radius 3 is 2.29 bits per heavy atom. The quantitative estimate of drug-likeness (QED) is 0.762. The van der Waals surface area contributed by atoms with Gasteiger partial charge in [-0.15, -0.1) is 0 Å². The Labute approximate surface area is 88.0 Å². The number of nitrogens with one attached hydrogen (secondary N) is 1. The summed E-state index contributed by atoms with van der Waals surface area (Å²) >= 11 is 5.82. The highest BCUT2D eigenvalue weighted by atomic mass is 35.5. The van der Waals surface area contributed by atoms with Crippen LogP contribution in [-0.4, -0.2) is 9.97 Å². The number of aromatic amines is 1. The van der Waals surface area contributed by atoms with Gasteiger partial charge in [0.15, 0.2) is 0 Å². The third-order valence-corrected chi connectivity index (χ3v) is 2.37. The summed E-state index contributed by atoms with van der Waals surface area (Å²) < 4.78 is 0. The van der Waals surface area contributed by atoms with Gasteiger partial charge in [-0.25, -0.2) is 4.98 Å². The molecule has 0 fully saturated rings. The normalized spacial score (nSPS) is 10.5. The molecular weight excluding hydrogens is 196 g/mol. The molecule has 0 saturated heterocycles. The van der Waals surface area contributed by atoms with Crippen LogP contribution in [-0.2, 0) is 0 Å². The molecule has 1 aromatic heterocycles. The molecule has 1 heterocycles. The lowest BCUT2D eigenvalue weighted by Gasteiger charge is -1.97. The van der Waals surface area contributed by atoms with Crippen molar-refractivity contribution in [2.45, 2.75) is 13.8 Å². The number of imidazole rings is 1. The van der Waals surface area contributed by atoms with Crippen LogP contribution < -0.4 is 0 Å². The molecular formula is C11H11ClN2. The lowest BCUT2D eigenvalue weighted by molar-refractivity contribution is 1.13. The number of rotatable bonds is 1. The van der Waals surface area contributed by atoms with Crippen molar-refractivity contribution in [1.29, 1.82) is 0 Å². The van der Waals surface area contributed by atoms with E-state index in [2.05, 4.69) is 9.97 Å². The van der Waals surface area contributed by atoms with Crippen molar-refractivity contribution in [3.8, 4) is 11.3 Å². The standard InChI is InChI=1S/C11H11ClN2/c1-7-11(14-8(2)13-7)9-3-5-10(12)6-4-9/h3-6H,1-2H3,(H,13,14). The van der Waals surface area contributed by atoms with Gasteiger partial charge in [-0.2, -0.15) is 0 Å². The average Bonchev–Trinajstić information content (AvgIpc) is 2.47. The number of hydrogen-bond donors (Lipinski definition) is 1. The van der Waals surface area contributed by atoms with Crippen molar-refractivity contribution in [1.82, 2.24) is 9.97 Å². The number of H-pyrrole nitrogens is 1. The van der Waals surface area contributed by atoms with Crippen molar-refractivity contribution in [3.05, 3.63) is 40.8 Å². The highest BCUT2D eigenvalue weighted by Gasteiger charge is 2.05. The number of hydrogen-bond acceptors (Lipinski definition) is 1. The topological polar surface area (TPSA) is 28.7 Å². The van der Waals surface area contributed by atoms with E-state index in [-0.39, 0.29) is 0 Å². The Balaban J connectivity index is 2.49. The molecule has 0 aliphatic heterocycles. The maximum atomic E-state index is 5.82. The van der Waals surface area contributed by atoms with Crippen molar-refractivity contribution in [2.24, 2.45) is 0 Å². The van der Waals surface area contributed by atoms with E-state index in [4.69, 9.17) is 11.6 Å². The fourth-order valence-electron chi connectivity index (χ4n) is 1.50. The third-order valence-electron chi connectivity index (χ3n) is 2.12. The number of halogens is 1. The second kappa shape index (κ2) is 3.46. The summed E-state index contributed by atoms with van der Waals surface area (Å²) in [7, 11) is 0. The summed E-state index contributed by atoms with van der Waals surface area (Å²) in [4.78, 5) is 7.59. The fourth-order valence-corrected chi connectivity index (χ4v) is 1.62. The number of nitrogens with zero attached hydrogens (tertiary/aromatic N) is 1. The van der Waals surface area contributed by atoms with E-state index < -0.39 is 0 Å². The van der Waals surface area contributed by atoms with Crippen LogP contribution >= 0.6 is 11.6 Å². The minimum absolute atomic E-state index is 0.749. The minimum atomic E-state index is 0.749. The maximum absolute atomic E-state index is 5.82. The first-order valence-corrected chi connectivity index (χ1v) is 4.84. The smallest absolute Gasteiger partial charge is 0.103 e. The second-order valence-electron chi connectivity index (χ2n) is 3.30. The van der Waals surface area contributed by atoms with Gasteiger partial charge in [-0.1, -0.05) is 23.7 Å². The SMILES string of the molecule is Cc1nc(-c2ccc(Cl)cc2)c(C)[nH]1. The third kappa shape index (κ3) is 1.66. The van der Waals surface area contributed by atoms with E-state index in [9.17, 15) is 0 Å². The van der Waals surface area contributed by atoms with E-state index in [1.165, 1.54) is 0 Å². The summed E-state index contributed by atoms with van der Waals surface area (Å²) in [5, 5.41) is 0.749. The molecule has 0 unspecified atom stereocenters. The van der Waals surface area contributed by atoms with Crippen molar-refractivity contribution in [2.75, 3.05) is 0 Å². The van der Waals surface area contributed by atoms with Crippen molar-refractivity contribution < 1.29 is 0 Å². The van der Waals surface area contributed by atoms with E-state index in [0.717, 1.165) is 27.8 Å². The van der Waals surface area contributed by atoms with Gasteiger partial charge in [-0.3, -0.25) is 0 Å². The van der Waals surface area contributed by atoms with Crippen LogP contribution in [0.5, 0.6) is 0 Å². The fraction of sp³-hybridized carbons (Fsp3) is 0.182. The van der Waals surface area contributed by atoms with Crippen LogP contribution in [0.2, 0.25) is 5.02 Å². The molecule has 1 N–H and O–H groups in total. The van der Waals surface area contributed by atoms with Gasteiger partial charge in [0.25, 0.3) is 0 Å². The molecule has 0 amide bonds. The van der Waals surface area contributed by atoms with Gasteiger partial charge in [0.2, 0.25) is 0 Å². The molecule has 0 atom stereocenters. The van der Waals surface area contributed by atoms with Gasteiger partial charge in [0, 0.05) is 16.3 Å². The van der Waals surface area contributed by atoms with Gasteiger partial charge in [0.1, 0.15) is 5.82 Å². The lowest BCUT2D eigenvalue weighted by atomic mass is 10.1. The molecule has 2 nitrogen and oxygen atoms in total. The molecule has 2 rings (SSSR count). The van der Waals surface area contributed by atoms with Crippen LogP contribution in [0.25, 0.3) is 11.3 Å². The first-order chi connectivity index (χ1) is 6.66. The zero-order chi connectivity index (χ0) is 10.1. The highest BCUT2D eigenvalue weighted by molar-refractivity contribution is 6.30. The molecule has 0 aliphatic rings. The van der Waals surface area contributed by atoms with Crippen molar-refractivity contribution in [3.63, 3.8) is 0 Å². The summed E-state index contributed by atoms with van der Waals surface area (Å²) in [6, 6.07) is 7.70. The molecule has 2 aromatic rings. The second-order valence-corrected chi connectivity index (χ2v) is 3.74. The molecule has 1 aromatic carbocycles. The summed E-state index contributed by atoms with van der Waals surface area (Å²) in [6.45, 7) is 3.97. The molecule has 72 valence electrons. The first-order valence-electron chi connectivity index (χ1n) is 4.46. The predicted molar refractivity (Wildman–Crippen MR) is 58.5 cm³/mol. The van der Waals surface area contributed by atoms with Crippen LogP contribution in [0.1, 0.15) is 11.5 Å². The Morgan fingerprint density at radius 2 is 1.79 bits per heavy atom. The zero-order valence-electron chi connectivity index (χ0n) is 8.13.